The van der Waals surface area contributed by atoms with Crippen LogP contribution in [0, 0.1) is 17.3 Å². The van der Waals surface area contributed by atoms with Crippen LogP contribution in [0.4, 0.5) is 0 Å². The standard InChI is InChI=1S/C19H34N2O/c1-6-15-9-10-16(14-21-11-7-8-12-21)19(5,13-15)17(22)20-18(2,3)4/h6,15-16H,1,7-14H2,2-5H3,(H,20,22)/t15-,16?,19+/m1/s1. The van der Waals surface area contributed by atoms with Gasteiger partial charge in [0.2, 0.25) is 5.91 Å². The maximum atomic E-state index is 13.0. The Bertz CT molecular complexity index is 406. The average Bonchev–Trinajstić information content (AvgIpc) is 2.92. The highest BCUT2D eigenvalue weighted by molar-refractivity contribution is 5.83. The van der Waals surface area contributed by atoms with Gasteiger partial charge in [-0.05, 0) is 77.8 Å². The van der Waals surface area contributed by atoms with E-state index in [9.17, 15) is 4.79 Å². The van der Waals surface area contributed by atoms with E-state index in [1.54, 1.807) is 0 Å². The van der Waals surface area contributed by atoms with Gasteiger partial charge in [0.15, 0.2) is 0 Å². The van der Waals surface area contributed by atoms with Gasteiger partial charge in [-0.25, -0.2) is 0 Å². The molecule has 1 aliphatic heterocycles. The number of carbonyl (C=O) groups excluding carboxylic acids is 1. The molecule has 2 aliphatic rings. The monoisotopic (exact) mass is 306 g/mol. The number of amides is 1. The topological polar surface area (TPSA) is 32.3 Å². The first-order chi connectivity index (χ1) is 10.2. The molecule has 0 radical (unpaired) electrons. The Hall–Kier alpha value is -0.830. The molecule has 3 nitrogen and oxygen atoms in total. The Morgan fingerprint density at radius 1 is 1.32 bits per heavy atom. The van der Waals surface area contributed by atoms with Gasteiger partial charge in [0.25, 0.3) is 0 Å². The minimum absolute atomic E-state index is 0.167. The van der Waals surface area contributed by atoms with Crippen molar-refractivity contribution in [3.05, 3.63) is 12.7 Å². The van der Waals surface area contributed by atoms with Gasteiger partial charge in [0, 0.05) is 12.1 Å². The largest absolute Gasteiger partial charge is 0.351 e. The van der Waals surface area contributed by atoms with Crippen LogP contribution in [0.5, 0.6) is 0 Å². The summed E-state index contributed by atoms with van der Waals surface area (Å²) in [7, 11) is 0. The van der Waals surface area contributed by atoms with E-state index in [2.05, 4.69) is 50.6 Å². The van der Waals surface area contributed by atoms with Gasteiger partial charge in [-0.2, -0.15) is 0 Å². The quantitative estimate of drug-likeness (QED) is 0.805. The van der Waals surface area contributed by atoms with Crippen LogP contribution in [-0.4, -0.2) is 36.0 Å². The molecule has 1 amide bonds. The maximum absolute atomic E-state index is 13.0. The molecule has 2 rings (SSSR count). The molecule has 1 aliphatic carbocycles. The molecule has 0 spiro atoms. The molecule has 1 heterocycles. The van der Waals surface area contributed by atoms with Crippen molar-refractivity contribution < 1.29 is 4.79 Å². The predicted octanol–water partition coefficient (Wildman–Crippen LogP) is 3.61. The summed E-state index contributed by atoms with van der Waals surface area (Å²) in [6.45, 7) is 15.9. The van der Waals surface area contributed by atoms with Crippen LogP contribution in [0.3, 0.4) is 0 Å². The first-order valence-corrected chi connectivity index (χ1v) is 8.92. The molecule has 0 aromatic carbocycles. The Morgan fingerprint density at radius 3 is 2.50 bits per heavy atom. The number of carbonyl (C=O) groups is 1. The second kappa shape index (κ2) is 6.74. The molecule has 1 saturated heterocycles. The van der Waals surface area contributed by atoms with Gasteiger partial charge in [0.05, 0.1) is 5.41 Å². The molecule has 126 valence electrons. The van der Waals surface area contributed by atoms with E-state index in [1.807, 2.05) is 0 Å². The highest BCUT2D eigenvalue weighted by Gasteiger charge is 2.46. The molecule has 3 atom stereocenters. The molecular weight excluding hydrogens is 272 g/mol. The van der Waals surface area contributed by atoms with Gasteiger partial charge in [0.1, 0.15) is 0 Å². The third kappa shape index (κ3) is 4.13. The Kier molecular flexibility index (Phi) is 5.37. The van der Waals surface area contributed by atoms with E-state index in [1.165, 1.54) is 32.4 Å². The third-order valence-corrected chi connectivity index (χ3v) is 5.49. The minimum Gasteiger partial charge on any atom is -0.351 e. The minimum atomic E-state index is -0.271. The molecule has 1 saturated carbocycles. The number of hydrogen-bond donors (Lipinski definition) is 1. The van der Waals surface area contributed by atoms with Crippen LogP contribution in [0.2, 0.25) is 0 Å². The molecular formula is C19H34N2O. The molecule has 0 bridgehead atoms. The maximum Gasteiger partial charge on any atom is 0.226 e. The Morgan fingerprint density at radius 2 is 1.95 bits per heavy atom. The highest BCUT2D eigenvalue weighted by atomic mass is 16.2. The van der Waals surface area contributed by atoms with Crippen LogP contribution >= 0.6 is 0 Å². The van der Waals surface area contributed by atoms with Crippen molar-refractivity contribution >= 4 is 5.91 Å². The van der Waals surface area contributed by atoms with Crippen molar-refractivity contribution in [3.63, 3.8) is 0 Å². The number of nitrogens with zero attached hydrogens (tertiary/aromatic N) is 1. The Labute approximate surface area is 136 Å². The zero-order valence-corrected chi connectivity index (χ0v) is 15.0. The third-order valence-electron chi connectivity index (χ3n) is 5.49. The van der Waals surface area contributed by atoms with Crippen LogP contribution in [-0.2, 0) is 4.79 Å². The lowest BCUT2D eigenvalue weighted by Gasteiger charge is -2.45. The summed E-state index contributed by atoms with van der Waals surface area (Å²) in [4.78, 5) is 15.6. The highest BCUT2D eigenvalue weighted by Crippen LogP contribution is 2.45. The fourth-order valence-corrected chi connectivity index (χ4v) is 4.08. The molecule has 0 aromatic rings. The summed E-state index contributed by atoms with van der Waals surface area (Å²) in [5.41, 5.74) is -0.438. The summed E-state index contributed by atoms with van der Waals surface area (Å²) in [5, 5.41) is 3.24. The summed E-state index contributed by atoms with van der Waals surface area (Å²) < 4.78 is 0. The number of hydrogen-bond acceptors (Lipinski definition) is 2. The van der Waals surface area contributed by atoms with Gasteiger partial charge < -0.3 is 10.2 Å². The normalized spacial score (nSPS) is 33.6. The lowest BCUT2D eigenvalue weighted by Crippen LogP contribution is -2.54. The molecule has 2 fully saturated rings. The van der Waals surface area contributed by atoms with Gasteiger partial charge >= 0.3 is 0 Å². The van der Waals surface area contributed by atoms with Crippen LogP contribution < -0.4 is 5.32 Å². The van der Waals surface area contributed by atoms with Gasteiger partial charge in [-0.3, -0.25) is 4.79 Å². The van der Waals surface area contributed by atoms with Crippen molar-refractivity contribution in [2.45, 2.75) is 65.3 Å². The number of likely N-dealkylation sites (tertiary alicyclic amines) is 1. The second-order valence-corrected chi connectivity index (χ2v) is 8.60. The average molecular weight is 306 g/mol. The molecule has 3 heteroatoms. The van der Waals surface area contributed by atoms with E-state index in [0.29, 0.717) is 11.8 Å². The van der Waals surface area contributed by atoms with Crippen molar-refractivity contribution in [2.24, 2.45) is 17.3 Å². The van der Waals surface area contributed by atoms with Crippen LogP contribution in [0.25, 0.3) is 0 Å². The van der Waals surface area contributed by atoms with Crippen molar-refractivity contribution in [3.8, 4) is 0 Å². The molecule has 0 aromatic heterocycles. The van der Waals surface area contributed by atoms with E-state index in [4.69, 9.17) is 0 Å². The molecule has 1 N–H and O–H groups in total. The molecule has 1 unspecified atom stereocenters. The van der Waals surface area contributed by atoms with Crippen molar-refractivity contribution in [1.82, 2.24) is 10.2 Å². The fourth-order valence-electron chi connectivity index (χ4n) is 4.08. The lowest BCUT2D eigenvalue weighted by atomic mass is 9.63. The zero-order chi connectivity index (χ0) is 16.4. The van der Waals surface area contributed by atoms with E-state index in [0.717, 1.165) is 19.4 Å². The summed E-state index contributed by atoms with van der Waals surface area (Å²) in [5.74, 6) is 1.17. The van der Waals surface area contributed by atoms with Crippen LogP contribution in [0.15, 0.2) is 12.7 Å². The smallest absolute Gasteiger partial charge is 0.226 e. The first-order valence-electron chi connectivity index (χ1n) is 8.92. The van der Waals surface area contributed by atoms with E-state index in [-0.39, 0.29) is 16.9 Å². The summed E-state index contributed by atoms with van der Waals surface area (Å²) in [6.07, 6.45) is 7.94. The fraction of sp³-hybridized carbons (Fsp3) is 0.842. The summed E-state index contributed by atoms with van der Waals surface area (Å²) >= 11 is 0. The predicted molar refractivity (Wildman–Crippen MR) is 92.7 cm³/mol. The zero-order valence-electron chi connectivity index (χ0n) is 15.0. The number of allylic oxidation sites excluding steroid dienone is 1. The summed E-state index contributed by atoms with van der Waals surface area (Å²) in [6, 6.07) is 0. The second-order valence-electron chi connectivity index (χ2n) is 8.60. The van der Waals surface area contributed by atoms with Crippen LogP contribution in [0.1, 0.15) is 59.8 Å². The van der Waals surface area contributed by atoms with Gasteiger partial charge in [-0.15, -0.1) is 6.58 Å². The van der Waals surface area contributed by atoms with E-state index >= 15 is 0 Å². The lowest BCUT2D eigenvalue weighted by molar-refractivity contribution is -0.138. The molecule has 22 heavy (non-hydrogen) atoms. The first kappa shape index (κ1) is 17.5. The Balaban J connectivity index is 2.14. The number of rotatable bonds is 4. The van der Waals surface area contributed by atoms with E-state index < -0.39 is 0 Å². The van der Waals surface area contributed by atoms with Crippen molar-refractivity contribution in [1.29, 1.82) is 0 Å². The van der Waals surface area contributed by atoms with Gasteiger partial charge in [-0.1, -0.05) is 13.0 Å². The van der Waals surface area contributed by atoms with Crippen molar-refractivity contribution in [2.75, 3.05) is 19.6 Å². The number of nitrogens with one attached hydrogen (secondary N) is 1. The SMILES string of the molecule is C=C[C@@H]1CCC(CN2CCCC2)[C@@](C)(C(=O)NC(C)(C)C)C1.